The molecule has 2 aromatic rings. The number of hydrogen-bond acceptors (Lipinski definition) is 6. The zero-order valence-corrected chi connectivity index (χ0v) is 19.0. The molecule has 1 fully saturated rings. The Morgan fingerprint density at radius 2 is 1.84 bits per heavy atom. The molecule has 0 radical (unpaired) electrons. The SMILES string of the molecule is CCOc1ccc(CNC(=O)C2CCN(S(=O)(=O)c3ccc(C#N)cc3)CC2)cc1OC. The van der Waals surface area contributed by atoms with E-state index in [1.807, 2.05) is 31.2 Å². The molecule has 0 aromatic heterocycles. The Balaban J connectivity index is 1.54. The van der Waals surface area contributed by atoms with E-state index in [1.54, 1.807) is 7.11 Å². The van der Waals surface area contributed by atoms with Gasteiger partial charge in [-0.05, 0) is 61.7 Å². The normalized spacial score (nSPS) is 15.0. The number of carbonyl (C=O) groups is 1. The molecule has 170 valence electrons. The number of hydrogen-bond donors (Lipinski definition) is 1. The molecule has 9 heteroatoms. The highest BCUT2D eigenvalue weighted by atomic mass is 32.2. The molecule has 1 heterocycles. The van der Waals surface area contributed by atoms with Crippen molar-refractivity contribution in [2.24, 2.45) is 5.92 Å². The molecule has 1 amide bonds. The van der Waals surface area contributed by atoms with Crippen molar-refractivity contribution in [3.8, 4) is 17.6 Å². The third-order valence-corrected chi connectivity index (χ3v) is 7.35. The van der Waals surface area contributed by atoms with Crippen LogP contribution in [0.5, 0.6) is 11.5 Å². The first kappa shape index (κ1) is 23.6. The molecule has 8 nitrogen and oxygen atoms in total. The number of sulfonamides is 1. The molecule has 3 rings (SSSR count). The van der Waals surface area contributed by atoms with Crippen LogP contribution in [-0.4, -0.2) is 45.4 Å². The quantitative estimate of drug-likeness (QED) is 0.653. The molecule has 0 atom stereocenters. The van der Waals surface area contributed by atoms with Crippen LogP contribution >= 0.6 is 0 Å². The Bertz CT molecular complexity index is 1090. The van der Waals surface area contributed by atoms with E-state index in [9.17, 15) is 13.2 Å². The number of carbonyl (C=O) groups excluding carboxylic acids is 1. The van der Waals surface area contributed by atoms with Gasteiger partial charge in [-0.25, -0.2) is 8.42 Å². The summed E-state index contributed by atoms with van der Waals surface area (Å²) in [6.07, 6.45) is 0.905. The largest absolute Gasteiger partial charge is 0.493 e. The third-order valence-electron chi connectivity index (χ3n) is 5.44. The van der Waals surface area contributed by atoms with Gasteiger partial charge in [-0.15, -0.1) is 0 Å². The summed E-state index contributed by atoms with van der Waals surface area (Å²) >= 11 is 0. The summed E-state index contributed by atoms with van der Waals surface area (Å²) in [5, 5.41) is 11.8. The van der Waals surface area contributed by atoms with Crippen molar-refractivity contribution in [1.29, 1.82) is 5.26 Å². The number of methoxy groups -OCH3 is 1. The first-order chi connectivity index (χ1) is 15.4. The van der Waals surface area contributed by atoms with Crippen LogP contribution in [0.2, 0.25) is 0 Å². The van der Waals surface area contributed by atoms with Crippen LogP contribution in [-0.2, 0) is 21.4 Å². The van der Waals surface area contributed by atoms with Crippen LogP contribution < -0.4 is 14.8 Å². The second-order valence-electron chi connectivity index (χ2n) is 7.45. The Labute approximate surface area is 188 Å². The second kappa shape index (κ2) is 10.5. The van der Waals surface area contributed by atoms with Crippen LogP contribution in [0.1, 0.15) is 30.9 Å². The fourth-order valence-electron chi connectivity index (χ4n) is 3.64. The standard InChI is InChI=1S/C23H27N3O5S/c1-3-31-21-9-6-18(14-22(21)30-2)16-25-23(27)19-10-12-26(13-11-19)32(28,29)20-7-4-17(15-24)5-8-20/h4-9,14,19H,3,10-13,16H2,1-2H3,(H,25,27). The lowest BCUT2D eigenvalue weighted by Gasteiger charge is -2.30. The predicted octanol–water partition coefficient (Wildman–Crippen LogP) is 2.68. The van der Waals surface area contributed by atoms with Gasteiger partial charge >= 0.3 is 0 Å². The zero-order valence-electron chi connectivity index (χ0n) is 18.2. The molecular formula is C23H27N3O5S. The summed E-state index contributed by atoms with van der Waals surface area (Å²) in [4.78, 5) is 12.8. The van der Waals surface area contributed by atoms with E-state index >= 15 is 0 Å². The smallest absolute Gasteiger partial charge is 0.243 e. The maximum atomic E-state index is 12.8. The van der Waals surface area contributed by atoms with Gasteiger partial charge in [0.05, 0.1) is 30.2 Å². The number of nitrogens with one attached hydrogen (secondary N) is 1. The van der Waals surface area contributed by atoms with Gasteiger partial charge in [0, 0.05) is 25.6 Å². The van der Waals surface area contributed by atoms with E-state index < -0.39 is 10.0 Å². The minimum atomic E-state index is -3.64. The molecule has 0 bridgehead atoms. The molecule has 0 aliphatic carbocycles. The topological polar surface area (TPSA) is 109 Å². The maximum absolute atomic E-state index is 12.8. The van der Waals surface area contributed by atoms with Crippen LogP contribution in [0.15, 0.2) is 47.4 Å². The van der Waals surface area contributed by atoms with E-state index in [2.05, 4.69) is 5.32 Å². The second-order valence-corrected chi connectivity index (χ2v) is 9.39. The lowest BCUT2D eigenvalue weighted by Crippen LogP contribution is -2.42. The van der Waals surface area contributed by atoms with Crippen LogP contribution in [0.3, 0.4) is 0 Å². The van der Waals surface area contributed by atoms with Gasteiger partial charge in [-0.3, -0.25) is 4.79 Å². The molecule has 0 spiro atoms. The lowest BCUT2D eigenvalue weighted by molar-refractivity contribution is -0.126. The summed E-state index contributed by atoms with van der Waals surface area (Å²) in [6, 6.07) is 13.4. The lowest BCUT2D eigenvalue weighted by atomic mass is 9.97. The first-order valence-corrected chi connectivity index (χ1v) is 11.9. The van der Waals surface area contributed by atoms with Gasteiger partial charge in [0.25, 0.3) is 0 Å². The van der Waals surface area contributed by atoms with E-state index in [1.165, 1.54) is 28.6 Å². The summed E-state index contributed by atoms with van der Waals surface area (Å²) in [5.41, 5.74) is 1.30. The molecular weight excluding hydrogens is 430 g/mol. The van der Waals surface area contributed by atoms with Gasteiger partial charge < -0.3 is 14.8 Å². The zero-order chi connectivity index (χ0) is 23.1. The number of benzene rings is 2. The van der Waals surface area contributed by atoms with E-state index in [0.717, 1.165) is 5.56 Å². The molecule has 0 unspecified atom stereocenters. The van der Waals surface area contributed by atoms with Gasteiger partial charge in [0.1, 0.15) is 0 Å². The number of nitriles is 1. The molecule has 2 aromatic carbocycles. The van der Waals surface area contributed by atoms with Crippen molar-refractivity contribution in [1.82, 2.24) is 9.62 Å². The predicted molar refractivity (Wildman–Crippen MR) is 119 cm³/mol. The van der Waals surface area contributed by atoms with Gasteiger partial charge in [0.15, 0.2) is 11.5 Å². The highest BCUT2D eigenvalue weighted by Gasteiger charge is 2.32. The molecule has 1 N–H and O–H groups in total. The van der Waals surface area contributed by atoms with Crippen LogP contribution in [0, 0.1) is 17.2 Å². The minimum Gasteiger partial charge on any atom is -0.493 e. The van der Waals surface area contributed by atoms with Crippen molar-refractivity contribution in [3.05, 3.63) is 53.6 Å². The third kappa shape index (κ3) is 5.39. The average molecular weight is 458 g/mol. The van der Waals surface area contributed by atoms with E-state index in [0.29, 0.717) is 43.1 Å². The summed E-state index contributed by atoms with van der Waals surface area (Å²) in [6.45, 7) is 3.33. The number of nitrogens with zero attached hydrogens (tertiary/aromatic N) is 2. The summed E-state index contributed by atoms with van der Waals surface area (Å²) in [5.74, 6) is 0.932. The van der Waals surface area contributed by atoms with E-state index in [4.69, 9.17) is 14.7 Å². The number of rotatable bonds is 8. The molecule has 1 saturated heterocycles. The highest BCUT2D eigenvalue weighted by Crippen LogP contribution is 2.28. The van der Waals surface area contributed by atoms with Crippen molar-refractivity contribution in [3.63, 3.8) is 0 Å². The first-order valence-electron chi connectivity index (χ1n) is 10.5. The molecule has 1 aliphatic rings. The highest BCUT2D eigenvalue weighted by molar-refractivity contribution is 7.89. The Morgan fingerprint density at radius 1 is 1.16 bits per heavy atom. The van der Waals surface area contributed by atoms with Gasteiger partial charge in [0.2, 0.25) is 15.9 Å². The van der Waals surface area contributed by atoms with Crippen molar-refractivity contribution < 1.29 is 22.7 Å². The Hall–Kier alpha value is -3.09. The summed E-state index contributed by atoms with van der Waals surface area (Å²) in [7, 11) is -2.07. The average Bonchev–Trinajstić information content (AvgIpc) is 2.83. The Kier molecular flexibility index (Phi) is 7.72. The van der Waals surface area contributed by atoms with Crippen LogP contribution in [0.25, 0.3) is 0 Å². The van der Waals surface area contributed by atoms with Crippen molar-refractivity contribution in [2.45, 2.75) is 31.2 Å². The van der Waals surface area contributed by atoms with Crippen molar-refractivity contribution in [2.75, 3.05) is 26.8 Å². The summed E-state index contributed by atoms with van der Waals surface area (Å²) < 4.78 is 37.9. The van der Waals surface area contributed by atoms with E-state index in [-0.39, 0.29) is 29.8 Å². The van der Waals surface area contributed by atoms with Crippen LogP contribution in [0.4, 0.5) is 0 Å². The maximum Gasteiger partial charge on any atom is 0.243 e. The number of piperidine rings is 1. The van der Waals surface area contributed by atoms with Gasteiger partial charge in [-0.2, -0.15) is 9.57 Å². The minimum absolute atomic E-state index is 0.0896. The molecule has 0 saturated carbocycles. The fraction of sp³-hybridized carbons (Fsp3) is 0.391. The van der Waals surface area contributed by atoms with Gasteiger partial charge in [-0.1, -0.05) is 6.07 Å². The fourth-order valence-corrected chi connectivity index (χ4v) is 5.11. The number of amides is 1. The number of ether oxygens (including phenoxy) is 2. The monoisotopic (exact) mass is 457 g/mol. The Morgan fingerprint density at radius 3 is 2.44 bits per heavy atom. The van der Waals surface area contributed by atoms with Crippen molar-refractivity contribution >= 4 is 15.9 Å². The molecule has 32 heavy (non-hydrogen) atoms. The molecule has 1 aliphatic heterocycles.